The van der Waals surface area contributed by atoms with Crippen molar-refractivity contribution < 1.29 is 9.18 Å². The predicted molar refractivity (Wildman–Crippen MR) is 78.3 cm³/mol. The lowest BCUT2D eigenvalue weighted by molar-refractivity contribution is -0.119. The van der Waals surface area contributed by atoms with E-state index in [1.54, 1.807) is 35.0 Å². The monoisotopic (exact) mass is 292 g/mol. The summed E-state index contributed by atoms with van der Waals surface area (Å²) in [7, 11) is 1.89. The average Bonchev–Trinajstić information content (AvgIpc) is 2.77. The number of nitrogens with zero attached hydrogens (tertiary/aromatic N) is 2. The summed E-state index contributed by atoms with van der Waals surface area (Å²) in [6.07, 6.45) is 0.138. The van der Waals surface area contributed by atoms with Crippen molar-refractivity contribution in [3.63, 3.8) is 0 Å². The van der Waals surface area contributed by atoms with Crippen molar-refractivity contribution in [2.24, 2.45) is 0 Å². The molecule has 3 nitrogen and oxygen atoms in total. The highest BCUT2D eigenvalue weighted by Gasteiger charge is 2.12. The molecular weight excluding hydrogens is 275 g/mol. The standard InChI is InChI=1S/C15H17FN2OS/c1-11-15(20-10-17-11)9-18(2)8-13(19)7-12-5-3-4-6-14(12)16/h3-6,10H,7-9H2,1-2H3. The predicted octanol–water partition coefficient (Wildman–Crippen LogP) is 2.83. The van der Waals surface area contributed by atoms with E-state index in [1.165, 1.54) is 6.07 Å². The molecule has 0 unspecified atom stereocenters. The van der Waals surface area contributed by atoms with Gasteiger partial charge in [0.05, 0.1) is 17.7 Å². The molecule has 0 atom stereocenters. The molecule has 20 heavy (non-hydrogen) atoms. The Hall–Kier alpha value is -1.59. The summed E-state index contributed by atoms with van der Waals surface area (Å²) < 4.78 is 13.5. The van der Waals surface area contributed by atoms with E-state index in [0.717, 1.165) is 10.6 Å². The van der Waals surface area contributed by atoms with Gasteiger partial charge < -0.3 is 0 Å². The minimum absolute atomic E-state index is 0.0137. The molecule has 2 rings (SSSR count). The third-order valence-corrected chi connectivity index (χ3v) is 3.97. The van der Waals surface area contributed by atoms with Crippen molar-refractivity contribution >= 4 is 17.1 Å². The second kappa shape index (κ2) is 6.72. The van der Waals surface area contributed by atoms with Gasteiger partial charge in [0.25, 0.3) is 0 Å². The van der Waals surface area contributed by atoms with E-state index in [2.05, 4.69) is 4.98 Å². The molecule has 106 valence electrons. The van der Waals surface area contributed by atoms with Crippen molar-refractivity contribution in [1.82, 2.24) is 9.88 Å². The van der Waals surface area contributed by atoms with E-state index < -0.39 is 0 Å². The Balaban J connectivity index is 1.88. The van der Waals surface area contributed by atoms with Crippen LogP contribution >= 0.6 is 11.3 Å². The van der Waals surface area contributed by atoms with Crippen molar-refractivity contribution in [2.75, 3.05) is 13.6 Å². The number of hydrogen-bond acceptors (Lipinski definition) is 4. The SMILES string of the molecule is Cc1ncsc1CN(C)CC(=O)Cc1ccccc1F. The molecule has 5 heteroatoms. The maximum absolute atomic E-state index is 13.5. The third-order valence-electron chi connectivity index (χ3n) is 3.05. The number of aryl methyl sites for hydroxylation is 1. The molecule has 0 spiro atoms. The van der Waals surface area contributed by atoms with Gasteiger partial charge in [-0.3, -0.25) is 9.69 Å². The molecule has 0 amide bonds. The number of rotatable bonds is 6. The van der Waals surface area contributed by atoms with Crippen LogP contribution in [-0.2, 0) is 17.8 Å². The fourth-order valence-corrected chi connectivity index (χ4v) is 2.85. The zero-order chi connectivity index (χ0) is 14.5. The van der Waals surface area contributed by atoms with Gasteiger partial charge in [-0.15, -0.1) is 11.3 Å². The number of thiazole rings is 1. The highest BCUT2D eigenvalue weighted by molar-refractivity contribution is 7.09. The van der Waals surface area contributed by atoms with Crippen molar-refractivity contribution in [3.8, 4) is 0 Å². The van der Waals surface area contributed by atoms with Gasteiger partial charge in [0.15, 0.2) is 5.78 Å². The minimum atomic E-state index is -0.318. The van der Waals surface area contributed by atoms with E-state index >= 15 is 0 Å². The molecule has 0 aliphatic heterocycles. The summed E-state index contributed by atoms with van der Waals surface area (Å²) in [4.78, 5) is 19.2. The normalized spacial score (nSPS) is 11.0. The summed E-state index contributed by atoms with van der Waals surface area (Å²) >= 11 is 1.59. The van der Waals surface area contributed by atoms with Gasteiger partial charge in [-0.1, -0.05) is 18.2 Å². The number of aromatic nitrogens is 1. The number of ketones is 1. The van der Waals surface area contributed by atoms with Gasteiger partial charge in [0.1, 0.15) is 5.82 Å². The molecule has 1 aromatic heterocycles. The van der Waals surface area contributed by atoms with E-state index in [9.17, 15) is 9.18 Å². The lowest BCUT2D eigenvalue weighted by Crippen LogP contribution is -2.26. The molecule has 0 fully saturated rings. The number of carbonyl (C=O) groups is 1. The zero-order valence-electron chi connectivity index (χ0n) is 11.6. The quantitative estimate of drug-likeness (QED) is 0.821. The van der Waals surface area contributed by atoms with Crippen LogP contribution in [-0.4, -0.2) is 29.3 Å². The van der Waals surface area contributed by atoms with Crippen molar-refractivity contribution in [1.29, 1.82) is 0 Å². The minimum Gasteiger partial charge on any atom is -0.298 e. The zero-order valence-corrected chi connectivity index (χ0v) is 12.4. The number of carbonyl (C=O) groups excluding carboxylic acids is 1. The topological polar surface area (TPSA) is 33.2 Å². The summed E-state index contributed by atoms with van der Waals surface area (Å²) in [5.74, 6) is -0.304. The van der Waals surface area contributed by atoms with Crippen LogP contribution in [0.2, 0.25) is 0 Å². The second-order valence-electron chi connectivity index (χ2n) is 4.84. The van der Waals surface area contributed by atoms with Gasteiger partial charge in [0.2, 0.25) is 0 Å². The van der Waals surface area contributed by atoms with Crippen LogP contribution in [0.4, 0.5) is 4.39 Å². The molecule has 1 heterocycles. The van der Waals surface area contributed by atoms with Gasteiger partial charge in [-0.05, 0) is 25.6 Å². The van der Waals surface area contributed by atoms with Crippen LogP contribution < -0.4 is 0 Å². The van der Waals surface area contributed by atoms with Crippen molar-refractivity contribution in [2.45, 2.75) is 19.9 Å². The van der Waals surface area contributed by atoms with Crippen LogP contribution in [0.25, 0.3) is 0 Å². The van der Waals surface area contributed by atoms with Crippen LogP contribution in [0, 0.1) is 12.7 Å². The molecule has 0 saturated carbocycles. The van der Waals surface area contributed by atoms with Crippen LogP contribution in [0.3, 0.4) is 0 Å². The maximum atomic E-state index is 13.5. The van der Waals surface area contributed by atoms with E-state index in [1.807, 2.05) is 18.9 Å². The second-order valence-corrected chi connectivity index (χ2v) is 5.78. The highest BCUT2D eigenvalue weighted by Crippen LogP contribution is 2.14. The lowest BCUT2D eigenvalue weighted by Gasteiger charge is -2.15. The third kappa shape index (κ3) is 3.95. The fraction of sp³-hybridized carbons (Fsp3) is 0.333. The fourth-order valence-electron chi connectivity index (χ4n) is 1.99. The first-order valence-electron chi connectivity index (χ1n) is 6.39. The molecular formula is C15H17FN2OS. The highest BCUT2D eigenvalue weighted by atomic mass is 32.1. The summed E-state index contributed by atoms with van der Waals surface area (Å²) in [5.41, 5.74) is 3.27. The Kier molecular flexibility index (Phi) is 4.98. The molecule has 1 aromatic carbocycles. The first kappa shape index (κ1) is 14.8. The number of halogens is 1. The first-order valence-corrected chi connectivity index (χ1v) is 7.27. The lowest BCUT2D eigenvalue weighted by atomic mass is 10.1. The molecule has 0 radical (unpaired) electrons. The van der Waals surface area contributed by atoms with Crippen LogP contribution in [0.15, 0.2) is 29.8 Å². The summed E-state index contributed by atoms with van der Waals surface area (Å²) in [5, 5.41) is 0. The number of hydrogen-bond donors (Lipinski definition) is 0. The molecule has 2 aromatic rings. The van der Waals surface area contributed by atoms with E-state index in [4.69, 9.17) is 0 Å². The smallest absolute Gasteiger partial charge is 0.151 e. The van der Waals surface area contributed by atoms with Crippen molar-refractivity contribution in [3.05, 3.63) is 51.7 Å². The Morgan fingerprint density at radius 3 is 2.80 bits per heavy atom. The first-order chi connectivity index (χ1) is 9.56. The van der Waals surface area contributed by atoms with Gasteiger partial charge in [0, 0.05) is 17.8 Å². The largest absolute Gasteiger partial charge is 0.298 e. The Labute approximate surface area is 122 Å². The van der Waals surface area contributed by atoms with E-state index in [-0.39, 0.29) is 18.0 Å². The molecule has 0 aliphatic rings. The summed E-state index contributed by atoms with van der Waals surface area (Å²) in [6.45, 7) is 2.96. The average molecular weight is 292 g/mol. The number of Topliss-reactive ketones (excluding diaryl/α,β-unsaturated/α-hetero) is 1. The Morgan fingerprint density at radius 1 is 1.40 bits per heavy atom. The Bertz CT molecular complexity index is 597. The van der Waals surface area contributed by atoms with Gasteiger partial charge >= 0.3 is 0 Å². The molecule has 0 aliphatic carbocycles. The summed E-state index contributed by atoms with van der Waals surface area (Å²) in [6, 6.07) is 6.41. The van der Waals surface area contributed by atoms with Gasteiger partial charge in [-0.2, -0.15) is 0 Å². The Morgan fingerprint density at radius 2 is 2.15 bits per heavy atom. The molecule has 0 N–H and O–H groups in total. The van der Waals surface area contributed by atoms with E-state index in [0.29, 0.717) is 18.7 Å². The molecule has 0 bridgehead atoms. The maximum Gasteiger partial charge on any atom is 0.151 e. The number of likely N-dealkylation sites (N-methyl/N-ethyl adjacent to an activating group) is 1. The number of benzene rings is 1. The van der Waals surface area contributed by atoms with Gasteiger partial charge in [-0.25, -0.2) is 9.37 Å². The molecule has 0 saturated heterocycles. The van der Waals surface area contributed by atoms with Crippen LogP contribution in [0.1, 0.15) is 16.1 Å². The van der Waals surface area contributed by atoms with Crippen LogP contribution in [0.5, 0.6) is 0 Å².